The third kappa shape index (κ3) is 5.03. The second-order valence-electron chi connectivity index (χ2n) is 8.34. The Morgan fingerprint density at radius 2 is 1.77 bits per heavy atom. The molecule has 1 saturated heterocycles. The highest BCUT2D eigenvalue weighted by atomic mass is 32.2. The van der Waals surface area contributed by atoms with E-state index < -0.39 is 0 Å². The lowest BCUT2D eigenvalue weighted by Crippen LogP contribution is -2.33. The van der Waals surface area contributed by atoms with Crippen LogP contribution in [-0.2, 0) is 29.1 Å². The van der Waals surface area contributed by atoms with E-state index in [1.54, 1.807) is 23.1 Å². The molecule has 1 fully saturated rings. The fourth-order valence-electron chi connectivity index (χ4n) is 4.36. The van der Waals surface area contributed by atoms with Crippen molar-refractivity contribution in [2.24, 2.45) is 0 Å². The minimum absolute atomic E-state index is 0.0315. The van der Waals surface area contributed by atoms with Gasteiger partial charge in [-0.15, -0.1) is 0 Å². The Kier molecular flexibility index (Phi) is 7.40. The van der Waals surface area contributed by atoms with E-state index in [0.717, 1.165) is 40.2 Å². The normalized spacial score (nSPS) is 15.0. The van der Waals surface area contributed by atoms with Gasteiger partial charge >= 0.3 is 0 Å². The Hall–Kier alpha value is -3.39. The quantitative estimate of drug-likeness (QED) is 0.392. The maximum atomic E-state index is 13.2. The molecule has 0 spiro atoms. The number of aromatic nitrogens is 1. The fraction of sp³-hybridized carbons (Fsp3) is 0.296. The van der Waals surface area contributed by atoms with Crippen LogP contribution in [0.5, 0.6) is 0 Å². The van der Waals surface area contributed by atoms with E-state index in [4.69, 9.17) is 0 Å². The zero-order valence-corrected chi connectivity index (χ0v) is 20.9. The summed E-state index contributed by atoms with van der Waals surface area (Å²) in [5.74, 6) is -0.717. The van der Waals surface area contributed by atoms with Gasteiger partial charge in [0, 0.05) is 30.2 Å². The summed E-state index contributed by atoms with van der Waals surface area (Å²) in [5.41, 5.74) is 3.54. The standard InChI is InChI=1S/C27H28FN3O3S/c1-4-19-8-7-9-22-20(16-30(25(19)22)17-24(32)29(5-2)6-3)14-23-26(33)31(27(34)35-23)15-18-10-12-21(28)13-11-18/h7-14,16H,4-6,15,17H2,1-3H3/b23-14-. The third-order valence-corrected chi connectivity index (χ3v) is 7.14. The van der Waals surface area contributed by atoms with Gasteiger partial charge in [0.25, 0.3) is 11.1 Å². The number of hydrogen-bond donors (Lipinski definition) is 0. The van der Waals surface area contributed by atoms with Gasteiger partial charge in [-0.1, -0.05) is 37.3 Å². The van der Waals surface area contributed by atoms with Gasteiger partial charge in [0.2, 0.25) is 5.91 Å². The highest BCUT2D eigenvalue weighted by molar-refractivity contribution is 8.18. The summed E-state index contributed by atoms with van der Waals surface area (Å²) in [7, 11) is 0. The molecule has 3 amide bonds. The van der Waals surface area contributed by atoms with Crippen molar-refractivity contribution in [3.05, 3.63) is 76.1 Å². The van der Waals surface area contributed by atoms with Gasteiger partial charge < -0.3 is 9.47 Å². The topological polar surface area (TPSA) is 62.6 Å². The molecule has 0 unspecified atom stereocenters. The Balaban J connectivity index is 1.68. The van der Waals surface area contributed by atoms with E-state index in [1.165, 1.54) is 17.0 Å². The van der Waals surface area contributed by atoms with Crippen LogP contribution in [0, 0.1) is 5.82 Å². The van der Waals surface area contributed by atoms with E-state index in [9.17, 15) is 18.8 Å². The molecule has 1 aliphatic rings. The first-order valence-corrected chi connectivity index (χ1v) is 12.6. The van der Waals surface area contributed by atoms with Gasteiger partial charge in [0.05, 0.1) is 17.0 Å². The minimum atomic E-state index is -0.379. The van der Waals surface area contributed by atoms with Crippen LogP contribution >= 0.6 is 11.8 Å². The van der Waals surface area contributed by atoms with E-state index in [-0.39, 0.29) is 36.0 Å². The van der Waals surface area contributed by atoms with Crippen molar-refractivity contribution in [1.29, 1.82) is 0 Å². The molecule has 0 saturated carbocycles. The molecule has 0 N–H and O–H groups in total. The summed E-state index contributed by atoms with van der Waals surface area (Å²) >= 11 is 0.893. The molecule has 8 heteroatoms. The molecule has 0 bridgehead atoms. The largest absolute Gasteiger partial charge is 0.342 e. The highest BCUT2D eigenvalue weighted by Crippen LogP contribution is 2.35. The number of benzene rings is 2. The number of amides is 3. The first-order chi connectivity index (χ1) is 16.9. The van der Waals surface area contributed by atoms with Gasteiger partial charge in [-0.05, 0) is 61.4 Å². The smallest absolute Gasteiger partial charge is 0.293 e. The van der Waals surface area contributed by atoms with Crippen molar-refractivity contribution in [2.45, 2.75) is 40.3 Å². The number of aryl methyl sites for hydroxylation is 1. The molecule has 0 atom stereocenters. The van der Waals surface area contributed by atoms with Crippen molar-refractivity contribution in [3.8, 4) is 0 Å². The van der Waals surface area contributed by atoms with Crippen LogP contribution in [0.1, 0.15) is 37.5 Å². The average Bonchev–Trinajstić information content (AvgIpc) is 3.33. The number of likely N-dealkylation sites (N-methyl/N-ethyl adjacent to an activating group) is 1. The predicted octanol–water partition coefficient (Wildman–Crippen LogP) is 5.45. The van der Waals surface area contributed by atoms with Gasteiger partial charge in [0.15, 0.2) is 0 Å². The monoisotopic (exact) mass is 493 g/mol. The SMILES string of the molecule is CCc1cccc2c(/C=C3\SC(=O)N(Cc4ccc(F)cc4)C3=O)cn(CC(=O)N(CC)CC)c12. The number of thioether (sulfide) groups is 1. The van der Waals surface area contributed by atoms with E-state index in [2.05, 4.69) is 6.92 Å². The first-order valence-electron chi connectivity index (χ1n) is 11.7. The molecular formula is C27H28FN3O3S. The summed E-state index contributed by atoms with van der Waals surface area (Å²) in [6.07, 6.45) is 4.42. The van der Waals surface area contributed by atoms with Gasteiger partial charge in [-0.2, -0.15) is 0 Å². The maximum Gasteiger partial charge on any atom is 0.293 e. The van der Waals surface area contributed by atoms with Crippen LogP contribution in [0.4, 0.5) is 9.18 Å². The van der Waals surface area contributed by atoms with Crippen LogP contribution in [0.15, 0.2) is 53.6 Å². The summed E-state index contributed by atoms with van der Waals surface area (Å²) in [6, 6.07) is 11.7. The highest BCUT2D eigenvalue weighted by Gasteiger charge is 2.35. The Morgan fingerprint density at radius 3 is 2.43 bits per heavy atom. The van der Waals surface area contributed by atoms with Crippen molar-refractivity contribution < 1.29 is 18.8 Å². The lowest BCUT2D eigenvalue weighted by atomic mass is 10.1. The van der Waals surface area contributed by atoms with Crippen LogP contribution in [0.3, 0.4) is 0 Å². The summed E-state index contributed by atoms with van der Waals surface area (Å²) in [4.78, 5) is 41.8. The number of carbonyl (C=O) groups is 3. The second-order valence-corrected chi connectivity index (χ2v) is 9.33. The van der Waals surface area contributed by atoms with Crippen molar-refractivity contribution >= 4 is 45.8 Å². The van der Waals surface area contributed by atoms with Crippen LogP contribution in [0.25, 0.3) is 17.0 Å². The maximum absolute atomic E-state index is 13.2. The summed E-state index contributed by atoms with van der Waals surface area (Å²) in [5, 5.41) is 0.572. The number of carbonyl (C=O) groups excluding carboxylic acids is 3. The fourth-order valence-corrected chi connectivity index (χ4v) is 5.19. The Morgan fingerprint density at radius 1 is 1.06 bits per heavy atom. The van der Waals surface area contributed by atoms with Crippen molar-refractivity contribution in [2.75, 3.05) is 13.1 Å². The summed E-state index contributed by atoms with van der Waals surface area (Å²) < 4.78 is 15.2. The lowest BCUT2D eigenvalue weighted by molar-refractivity contribution is -0.131. The molecule has 0 radical (unpaired) electrons. The Bertz CT molecular complexity index is 1310. The number of nitrogens with zero attached hydrogens (tertiary/aromatic N) is 3. The molecular weight excluding hydrogens is 465 g/mol. The first kappa shape index (κ1) is 24.7. The molecule has 4 rings (SSSR count). The zero-order chi connectivity index (χ0) is 25.1. The molecule has 35 heavy (non-hydrogen) atoms. The number of halogens is 1. The van der Waals surface area contributed by atoms with E-state index in [0.29, 0.717) is 23.6 Å². The molecule has 6 nitrogen and oxygen atoms in total. The van der Waals surface area contributed by atoms with Crippen LogP contribution < -0.4 is 0 Å². The molecule has 2 heterocycles. The second kappa shape index (κ2) is 10.5. The number of rotatable bonds is 8. The molecule has 0 aliphatic carbocycles. The molecule has 182 valence electrons. The van der Waals surface area contributed by atoms with Crippen LogP contribution in [0.2, 0.25) is 0 Å². The molecule has 3 aromatic rings. The lowest BCUT2D eigenvalue weighted by Gasteiger charge is -2.19. The molecule has 1 aliphatic heterocycles. The molecule has 2 aromatic carbocycles. The van der Waals surface area contributed by atoms with Crippen molar-refractivity contribution in [1.82, 2.24) is 14.4 Å². The van der Waals surface area contributed by atoms with Gasteiger partial charge in [-0.25, -0.2) is 4.39 Å². The minimum Gasteiger partial charge on any atom is -0.342 e. The summed E-state index contributed by atoms with van der Waals surface area (Å²) in [6.45, 7) is 7.56. The van der Waals surface area contributed by atoms with Crippen LogP contribution in [-0.4, -0.2) is 44.5 Å². The number of fused-ring (bicyclic) bond motifs is 1. The van der Waals surface area contributed by atoms with E-state index >= 15 is 0 Å². The molecule has 1 aromatic heterocycles. The number of para-hydroxylation sites is 1. The zero-order valence-electron chi connectivity index (χ0n) is 20.1. The average molecular weight is 494 g/mol. The van der Waals surface area contributed by atoms with Crippen molar-refractivity contribution in [3.63, 3.8) is 0 Å². The Labute approximate surface area is 208 Å². The predicted molar refractivity (Wildman–Crippen MR) is 137 cm³/mol. The number of hydrogen-bond acceptors (Lipinski definition) is 4. The van der Waals surface area contributed by atoms with Gasteiger partial charge in [0.1, 0.15) is 12.4 Å². The van der Waals surface area contributed by atoms with Gasteiger partial charge in [-0.3, -0.25) is 19.3 Å². The van der Waals surface area contributed by atoms with E-state index in [1.807, 2.05) is 42.8 Å². The third-order valence-electron chi connectivity index (χ3n) is 6.23. The number of imide groups is 1.